The number of hydrogen-bond donors (Lipinski definition) is 0. The van der Waals surface area contributed by atoms with Gasteiger partial charge in [-0.05, 0) is 18.6 Å². The smallest absolute Gasteiger partial charge is 0.293 e. The van der Waals surface area contributed by atoms with E-state index in [0.29, 0.717) is 6.42 Å². The van der Waals surface area contributed by atoms with Crippen LogP contribution in [0.4, 0.5) is 13.2 Å². The van der Waals surface area contributed by atoms with Crippen LogP contribution in [-0.2, 0) is 6.18 Å². The molecule has 0 radical (unpaired) electrons. The van der Waals surface area contributed by atoms with Crippen molar-refractivity contribution in [3.8, 4) is 6.07 Å². The summed E-state index contributed by atoms with van der Waals surface area (Å²) in [6.07, 6.45) is -4.07. The summed E-state index contributed by atoms with van der Waals surface area (Å²) in [5.41, 5.74) is -0.676. The Hall–Kier alpha value is -1.83. The van der Waals surface area contributed by atoms with E-state index in [2.05, 4.69) is 0 Å². The minimum Gasteiger partial charge on any atom is -0.293 e. The maximum absolute atomic E-state index is 12.3. The number of carbonyl (C=O) groups is 1. The molecular weight excluding hydrogens is 231 g/mol. The highest BCUT2D eigenvalue weighted by molar-refractivity contribution is 5.99. The molecule has 0 aliphatic carbocycles. The predicted molar refractivity (Wildman–Crippen MR) is 55.2 cm³/mol. The third kappa shape index (κ3) is 3.06. The van der Waals surface area contributed by atoms with E-state index < -0.39 is 23.4 Å². The number of hydrogen-bond acceptors (Lipinski definition) is 2. The van der Waals surface area contributed by atoms with Crippen LogP contribution >= 0.6 is 0 Å². The Labute approximate surface area is 96.7 Å². The first-order valence-electron chi connectivity index (χ1n) is 5.01. The van der Waals surface area contributed by atoms with E-state index >= 15 is 0 Å². The van der Waals surface area contributed by atoms with Crippen molar-refractivity contribution in [3.63, 3.8) is 0 Å². The quantitative estimate of drug-likeness (QED) is 0.760. The number of Topliss-reactive ketones (excluding diaryl/α,β-unsaturated/α-hetero) is 1. The molecule has 0 saturated carbocycles. The maximum atomic E-state index is 12.3. The highest BCUT2D eigenvalue weighted by Crippen LogP contribution is 2.29. The van der Waals surface area contributed by atoms with E-state index in [0.717, 1.165) is 24.3 Å². The number of rotatable bonds is 3. The molecule has 1 atom stereocenters. The van der Waals surface area contributed by atoms with E-state index in [1.165, 1.54) is 0 Å². The summed E-state index contributed by atoms with van der Waals surface area (Å²) < 4.78 is 36.8. The van der Waals surface area contributed by atoms with Gasteiger partial charge in [-0.25, -0.2) is 0 Å². The number of carbonyl (C=O) groups excluding carboxylic acids is 1. The molecule has 5 heteroatoms. The number of ketones is 1. The van der Waals surface area contributed by atoms with Gasteiger partial charge in [-0.2, -0.15) is 18.4 Å². The van der Waals surface area contributed by atoms with E-state index in [-0.39, 0.29) is 5.56 Å². The Balaban J connectivity index is 2.96. The average Bonchev–Trinajstić information content (AvgIpc) is 2.29. The molecule has 1 rings (SSSR count). The van der Waals surface area contributed by atoms with Gasteiger partial charge in [0.2, 0.25) is 0 Å². The van der Waals surface area contributed by atoms with Crippen LogP contribution in [0.15, 0.2) is 24.3 Å². The highest BCUT2D eigenvalue weighted by Gasteiger charge is 2.30. The Kier molecular flexibility index (Phi) is 3.89. The van der Waals surface area contributed by atoms with Gasteiger partial charge in [0.1, 0.15) is 5.92 Å². The average molecular weight is 241 g/mol. The summed E-state index contributed by atoms with van der Waals surface area (Å²) in [6.45, 7) is 1.68. The van der Waals surface area contributed by atoms with Crippen molar-refractivity contribution < 1.29 is 18.0 Å². The van der Waals surface area contributed by atoms with Gasteiger partial charge in [0, 0.05) is 5.56 Å². The third-order valence-electron chi connectivity index (χ3n) is 2.38. The zero-order valence-electron chi connectivity index (χ0n) is 9.08. The summed E-state index contributed by atoms with van der Waals surface area (Å²) in [4.78, 5) is 11.7. The van der Waals surface area contributed by atoms with Crippen LogP contribution in [0.1, 0.15) is 29.3 Å². The lowest BCUT2D eigenvalue weighted by Crippen LogP contribution is -2.12. The van der Waals surface area contributed by atoms with Crippen molar-refractivity contribution in [1.82, 2.24) is 0 Å². The molecule has 1 aromatic carbocycles. The van der Waals surface area contributed by atoms with Crippen molar-refractivity contribution >= 4 is 5.78 Å². The summed E-state index contributed by atoms with van der Waals surface area (Å²) in [5, 5.41) is 8.69. The van der Waals surface area contributed by atoms with Crippen molar-refractivity contribution in [2.75, 3.05) is 0 Å². The second-order valence-electron chi connectivity index (χ2n) is 3.53. The SMILES string of the molecule is CCC(C#N)C(=O)c1ccc(C(F)(F)F)cc1. The lowest BCUT2D eigenvalue weighted by atomic mass is 9.96. The number of nitrogens with zero attached hydrogens (tertiary/aromatic N) is 1. The molecule has 0 saturated heterocycles. The first-order valence-corrected chi connectivity index (χ1v) is 5.01. The lowest BCUT2D eigenvalue weighted by molar-refractivity contribution is -0.137. The van der Waals surface area contributed by atoms with Gasteiger partial charge < -0.3 is 0 Å². The largest absolute Gasteiger partial charge is 0.416 e. The minimum atomic E-state index is -4.42. The van der Waals surface area contributed by atoms with E-state index in [1.54, 1.807) is 6.92 Å². The van der Waals surface area contributed by atoms with Crippen molar-refractivity contribution in [2.45, 2.75) is 19.5 Å². The molecular formula is C12H10F3NO. The summed E-state index contributed by atoms with van der Waals surface area (Å²) in [6, 6.07) is 5.72. The van der Waals surface area contributed by atoms with Crippen LogP contribution in [0.3, 0.4) is 0 Å². The van der Waals surface area contributed by atoms with E-state index in [1.807, 2.05) is 6.07 Å². The zero-order chi connectivity index (χ0) is 13.1. The first kappa shape index (κ1) is 13.2. The number of alkyl halides is 3. The van der Waals surface area contributed by atoms with Crippen LogP contribution in [0, 0.1) is 17.2 Å². The number of nitriles is 1. The Bertz CT molecular complexity index is 442. The monoisotopic (exact) mass is 241 g/mol. The predicted octanol–water partition coefficient (Wildman–Crippen LogP) is 3.44. The molecule has 0 aromatic heterocycles. The van der Waals surface area contributed by atoms with Crippen LogP contribution in [0.5, 0.6) is 0 Å². The topological polar surface area (TPSA) is 40.9 Å². The van der Waals surface area contributed by atoms with Gasteiger partial charge in [-0.15, -0.1) is 0 Å². The molecule has 0 aliphatic heterocycles. The Morgan fingerprint density at radius 1 is 1.35 bits per heavy atom. The zero-order valence-corrected chi connectivity index (χ0v) is 9.08. The molecule has 0 amide bonds. The maximum Gasteiger partial charge on any atom is 0.416 e. The number of benzene rings is 1. The fourth-order valence-corrected chi connectivity index (χ4v) is 1.36. The number of halogens is 3. The molecule has 0 fully saturated rings. The van der Waals surface area contributed by atoms with Crippen molar-refractivity contribution in [1.29, 1.82) is 5.26 Å². The van der Waals surface area contributed by atoms with Crippen LogP contribution in [0.25, 0.3) is 0 Å². The molecule has 17 heavy (non-hydrogen) atoms. The second-order valence-corrected chi connectivity index (χ2v) is 3.53. The van der Waals surface area contributed by atoms with Gasteiger partial charge in [0.05, 0.1) is 11.6 Å². The summed E-state index contributed by atoms with van der Waals surface area (Å²) in [5.74, 6) is -1.24. The molecule has 0 heterocycles. The van der Waals surface area contributed by atoms with Crippen LogP contribution < -0.4 is 0 Å². The van der Waals surface area contributed by atoms with E-state index in [9.17, 15) is 18.0 Å². The lowest BCUT2D eigenvalue weighted by Gasteiger charge is -2.08. The molecule has 2 nitrogen and oxygen atoms in total. The van der Waals surface area contributed by atoms with Crippen molar-refractivity contribution in [3.05, 3.63) is 35.4 Å². The van der Waals surface area contributed by atoms with E-state index in [4.69, 9.17) is 5.26 Å². The summed E-state index contributed by atoms with van der Waals surface area (Å²) in [7, 11) is 0. The van der Waals surface area contributed by atoms with Gasteiger partial charge >= 0.3 is 6.18 Å². The fourth-order valence-electron chi connectivity index (χ4n) is 1.36. The molecule has 0 bridgehead atoms. The van der Waals surface area contributed by atoms with Gasteiger partial charge in [0.15, 0.2) is 5.78 Å². The van der Waals surface area contributed by atoms with Crippen molar-refractivity contribution in [2.24, 2.45) is 5.92 Å². The van der Waals surface area contributed by atoms with Gasteiger partial charge in [0.25, 0.3) is 0 Å². The second kappa shape index (κ2) is 5.00. The van der Waals surface area contributed by atoms with Gasteiger partial charge in [-0.3, -0.25) is 4.79 Å². The molecule has 0 spiro atoms. The Morgan fingerprint density at radius 3 is 2.24 bits per heavy atom. The molecule has 0 aliphatic rings. The Morgan fingerprint density at radius 2 is 1.88 bits per heavy atom. The molecule has 90 valence electrons. The fraction of sp³-hybridized carbons (Fsp3) is 0.333. The molecule has 1 unspecified atom stereocenters. The normalized spacial score (nSPS) is 12.9. The highest BCUT2D eigenvalue weighted by atomic mass is 19.4. The van der Waals surface area contributed by atoms with Gasteiger partial charge in [-0.1, -0.05) is 19.1 Å². The molecule has 1 aromatic rings. The van der Waals surface area contributed by atoms with Crippen LogP contribution in [-0.4, -0.2) is 5.78 Å². The van der Waals surface area contributed by atoms with Crippen LogP contribution in [0.2, 0.25) is 0 Å². The first-order chi connectivity index (χ1) is 7.90. The molecule has 0 N–H and O–H groups in total. The summed E-state index contributed by atoms with van der Waals surface area (Å²) >= 11 is 0. The third-order valence-corrected chi connectivity index (χ3v) is 2.38. The standard InChI is InChI=1S/C12H10F3NO/c1-2-8(7-16)11(17)9-3-5-10(6-4-9)12(13,14)15/h3-6,8H,2H2,1H3. The minimum absolute atomic E-state index is 0.131.